The van der Waals surface area contributed by atoms with Gasteiger partial charge in [-0.2, -0.15) is 0 Å². The van der Waals surface area contributed by atoms with E-state index >= 15 is 0 Å². The Balaban J connectivity index is 1.84. The van der Waals surface area contributed by atoms with E-state index in [4.69, 9.17) is 4.74 Å². The standard InChI is InChI=1S/C14H19NO2/c1-17-14-6-4-10(5-7-14)15-11-2-3-12(15)9-13(16)8-11/h4-7,11-13,16H,2-3,8-9H2,1H3/t11-,12+,13+. The summed E-state index contributed by atoms with van der Waals surface area (Å²) in [5.74, 6) is 0.901. The summed E-state index contributed by atoms with van der Waals surface area (Å²) in [7, 11) is 1.69. The van der Waals surface area contributed by atoms with Crippen LogP contribution in [0, 0.1) is 0 Å². The summed E-state index contributed by atoms with van der Waals surface area (Å²) in [5, 5.41) is 9.79. The van der Waals surface area contributed by atoms with E-state index in [-0.39, 0.29) is 6.10 Å². The van der Waals surface area contributed by atoms with Crippen molar-refractivity contribution in [3.8, 4) is 5.75 Å². The number of fused-ring (bicyclic) bond motifs is 2. The van der Waals surface area contributed by atoms with Crippen LogP contribution >= 0.6 is 0 Å². The molecule has 2 heterocycles. The Hall–Kier alpha value is -1.22. The first-order valence-corrected chi connectivity index (χ1v) is 6.38. The van der Waals surface area contributed by atoms with E-state index in [2.05, 4.69) is 17.0 Å². The van der Waals surface area contributed by atoms with Crippen LogP contribution in [0.4, 0.5) is 5.69 Å². The molecule has 0 aliphatic carbocycles. The van der Waals surface area contributed by atoms with Gasteiger partial charge in [-0.05, 0) is 49.9 Å². The van der Waals surface area contributed by atoms with Gasteiger partial charge < -0.3 is 14.7 Å². The van der Waals surface area contributed by atoms with E-state index in [0.29, 0.717) is 12.1 Å². The monoisotopic (exact) mass is 233 g/mol. The highest BCUT2D eigenvalue weighted by Gasteiger charge is 2.40. The van der Waals surface area contributed by atoms with Gasteiger partial charge in [0, 0.05) is 17.8 Å². The van der Waals surface area contributed by atoms with Crippen molar-refractivity contribution in [1.82, 2.24) is 0 Å². The number of ether oxygens (including phenoxy) is 1. The first kappa shape index (κ1) is 10.9. The van der Waals surface area contributed by atoms with Crippen LogP contribution in [0.1, 0.15) is 25.7 Å². The van der Waals surface area contributed by atoms with E-state index in [0.717, 1.165) is 18.6 Å². The molecule has 0 spiro atoms. The van der Waals surface area contributed by atoms with Gasteiger partial charge in [-0.1, -0.05) is 0 Å². The number of anilines is 1. The van der Waals surface area contributed by atoms with Gasteiger partial charge in [0.2, 0.25) is 0 Å². The van der Waals surface area contributed by atoms with Crippen molar-refractivity contribution in [2.75, 3.05) is 12.0 Å². The quantitative estimate of drug-likeness (QED) is 0.850. The molecule has 1 aromatic rings. The number of nitrogens with zero attached hydrogens (tertiary/aromatic N) is 1. The summed E-state index contributed by atoms with van der Waals surface area (Å²) in [5.41, 5.74) is 1.27. The molecule has 2 aliphatic rings. The number of hydrogen-bond acceptors (Lipinski definition) is 3. The number of hydrogen-bond donors (Lipinski definition) is 1. The maximum absolute atomic E-state index is 9.79. The van der Waals surface area contributed by atoms with Gasteiger partial charge in [-0.3, -0.25) is 0 Å². The smallest absolute Gasteiger partial charge is 0.119 e. The molecule has 2 fully saturated rings. The van der Waals surface area contributed by atoms with Crippen molar-refractivity contribution in [3.63, 3.8) is 0 Å². The van der Waals surface area contributed by atoms with Crippen LogP contribution in [0.3, 0.4) is 0 Å². The van der Waals surface area contributed by atoms with Crippen LogP contribution in [0.5, 0.6) is 5.75 Å². The summed E-state index contributed by atoms with van der Waals surface area (Å²) < 4.78 is 5.18. The van der Waals surface area contributed by atoms with Crippen molar-refractivity contribution >= 4 is 5.69 Å². The Bertz CT molecular complexity index is 376. The predicted molar refractivity (Wildman–Crippen MR) is 67.5 cm³/mol. The van der Waals surface area contributed by atoms with Crippen LogP contribution in [-0.2, 0) is 0 Å². The van der Waals surface area contributed by atoms with Gasteiger partial charge in [-0.15, -0.1) is 0 Å². The summed E-state index contributed by atoms with van der Waals surface area (Å²) in [6.45, 7) is 0. The second-order valence-corrected chi connectivity index (χ2v) is 5.12. The molecule has 1 N–H and O–H groups in total. The highest BCUT2D eigenvalue weighted by molar-refractivity contribution is 5.52. The molecule has 0 amide bonds. The Morgan fingerprint density at radius 3 is 2.24 bits per heavy atom. The van der Waals surface area contributed by atoms with Crippen molar-refractivity contribution in [2.24, 2.45) is 0 Å². The lowest BCUT2D eigenvalue weighted by Gasteiger charge is -2.39. The summed E-state index contributed by atoms with van der Waals surface area (Å²) in [6, 6.07) is 9.33. The first-order valence-electron chi connectivity index (χ1n) is 6.38. The second-order valence-electron chi connectivity index (χ2n) is 5.12. The molecular formula is C14H19NO2. The topological polar surface area (TPSA) is 32.7 Å². The highest BCUT2D eigenvalue weighted by atomic mass is 16.5. The predicted octanol–water partition coefficient (Wildman–Crippen LogP) is 2.19. The van der Waals surface area contributed by atoms with Gasteiger partial charge in [0.25, 0.3) is 0 Å². The van der Waals surface area contributed by atoms with Crippen molar-refractivity contribution in [2.45, 2.75) is 43.9 Å². The molecule has 3 atom stereocenters. The van der Waals surface area contributed by atoms with Crippen molar-refractivity contribution in [1.29, 1.82) is 0 Å². The van der Waals surface area contributed by atoms with Crippen LogP contribution in [0.15, 0.2) is 24.3 Å². The summed E-state index contributed by atoms with van der Waals surface area (Å²) in [6.07, 6.45) is 4.18. The van der Waals surface area contributed by atoms with E-state index < -0.39 is 0 Å². The molecule has 17 heavy (non-hydrogen) atoms. The first-order chi connectivity index (χ1) is 8.28. The van der Waals surface area contributed by atoms with Crippen LogP contribution < -0.4 is 9.64 Å². The minimum absolute atomic E-state index is 0.0954. The number of rotatable bonds is 2. The molecule has 1 aromatic carbocycles. The van der Waals surface area contributed by atoms with Crippen molar-refractivity contribution in [3.05, 3.63) is 24.3 Å². The van der Waals surface area contributed by atoms with Crippen molar-refractivity contribution < 1.29 is 9.84 Å². The molecule has 3 heteroatoms. The van der Waals surface area contributed by atoms with E-state index in [1.165, 1.54) is 18.5 Å². The number of methoxy groups -OCH3 is 1. The lowest BCUT2D eigenvalue weighted by molar-refractivity contribution is 0.126. The molecule has 0 aromatic heterocycles. The third kappa shape index (κ3) is 1.89. The Morgan fingerprint density at radius 1 is 1.12 bits per heavy atom. The van der Waals surface area contributed by atoms with Crippen LogP contribution in [-0.4, -0.2) is 30.4 Å². The summed E-state index contributed by atoms with van der Waals surface area (Å²) in [4.78, 5) is 2.49. The summed E-state index contributed by atoms with van der Waals surface area (Å²) >= 11 is 0. The Labute approximate surface area is 102 Å². The highest BCUT2D eigenvalue weighted by Crippen LogP contribution is 2.39. The molecule has 2 bridgehead atoms. The normalized spacial score (nSPS) is 31.6. The second kappa shape index (κ2) is 4.22. The fraction of sp³-hybridized carbons (Fsp3) is 0.571. The molecular weight excluding hydrogens is 214 g/mol. The van der Waals surface area contributed by atoms with Gasteiger partial charge >= 0.3 is 0 Å². The molecule has 2 aliphatic heterocycles. The Morgan fingerprint density at radius 2 is 1.71 bits per heavy atom. The van der Waals surface area contributed by atoms with Gasteiger partial charge in [0.05, 0.1) is 13.2 Å². The zero-order valence-corrected chi connectivity index (χ0v) is 10.2. The average Bonchev–Trinajstić information content (AvgIpc) is 2.62. The number of aliphatic hydroxyl groups excluding tert-OH is 1. The lowest BCUT2D eigenvalue weighted by atomic mass is 9.99. The van der Waals surface area contributed by atoms with Gasteiger partial charge in [0.1, 0.15) is 5.75 Å². The number of aliphatic hydroxyl groups is 1. The molecule has 92 valence electrons. The SMILES string of the molecule is COc1ccc(N2[C@@H]3CC[C@H]2C[C@@H](O)C3)cc1. The molecule has 3 nitrogen and oxygen atoms in total. The van der Waals surface area contributed by atoms with E-state index in [1.807, 2.05) is 12.1 Å². The van der Waals surface area contributed by atoms with Gasteiger partial charge in [-0.25, -0.2) is 0 Å². The third-order valence-corrected chi connectivity index (χ3v) is 4.08. The van der Waals surface area contributed by atoms with E-state index in [9.17, 15) is 5.11 Å². The minimum atomic E-state index is -0.0954. The van der Waals surface area contributed by atoms with Crippen LogP contribution in [0.25, 0.3) is 0 Å². The van der Waals surface area contributed by atoms with E-state index in [1.54, 1.807) is 7.11 Å². The average molecular weight is 233 g/mol. The maximum Gasteiger partial charge on any atom is 0.119 e. The number of piperidine rings is 1. The molecule has 0 saturated carbocycles. The fourth-order valence-corrected chi connectivity index (χ4v) is 3.32. The molecule has 0 unspecified atom stereocenters. The minimum Gasteiger partial charge on any atom is -0.497 e. The zero-order chi connectivity index (χ0) is 11.8. The largest absolute Gasteiger partial charge is 0.497 e. The zero-order valence-electron chi connectivity index (χ0n) is 10.2. The molecule has 0 radical (unpaired) electrons. The lowest BCUT2D eigenvalue weighted by Crippen LogP contribution is -2.44. The number of benzene rings is 1. The Kier molecular flexibility index (Phi) is 2.71. The van der Waals surface area contributed by atoms with Crippen LogP contribution in [0.2, 0.25) is 0 Å². The maximum atomic E-state index is 9.79. The molecule has 2 saturated heterocycles. The third-order valence-electron chi connectivity index (χ3n) is 4.08. The van der Waals surface area contributed by atoms with Gasteiger partial charge in [0.15, 0.2) is 0 Å². The molecule has 3 rings (SSSR count). The fourth-order valence-electron chi connectivity index (χ4n) is 3.32.